The number of carbonyl (C=O) groups is 1. The maximum atomic E-state index is 12.0. The van der Waals surface area contributed by atoms with Gasteiger partial charge in [0.05, 0.1) is 12.0 Å². The van der Waals surface area contributed by atoms with Crippen LogP contribution in [-0.2, 0) is 11.4 Å². The van der Waals surface area contributed by atoms with Crippen LogP contribution in [0.4, 0.5) is 0 Å². The molecule has 32 heavy (non-hydrogen) atoms. The fraction of sp³-hybridized carbons (Fsp3) is 0.0870. The summed E-state index contributed by atoms with van der Waals surface area (Å²) in [6.45, 7) is 0.331. The second-order valence-corrected chi connectivity index (χ2v) is 8.39. The van der Waals surface area contributed by atoms with E-state index < -0.39 is 0 Å². The van der Waals surface area contributed by atoms with Gasteiger partial charge in [-0.15, -0.1) is 0 Å². The number of halogens is 2. The number of thioether (sulfide) groups is 1. The van der Waals surface area contributed by atoms with Crippen LogP contribution in [0.15, 0.2) is 81.5 Å². The molecule has 4 rings (SSSR count). The first-order chi connectivity index (χ1) is 15.6. The number of carbonyl (C=O) groups excluding carboxylic acids is 1. The van der Waals surface area contributed by atoms with Crippen molar-refractivity contribution in [2.45, 2.75) is 11.8 Å². The number of benzene rings is 3. The van der Waals surface area contributed by atoms with Gasteiger partial charge in [0.15, 0.2) is 5.58 Å². The lowest BCUT2D eigenvalue weighted by Crippen LogP contribution is -2.19. The predicted molar refractivity (Wildman–Crippen MR) is 128 cm³/mol. The molecule has 0 bridgehead atoms. The van der Waals surface area contributed by atoms with Crippen LogP contribution in [-0.4, -0.2) is 22.9 Å². The fourth-order valence-electron chi connectivity index (χ4n) is 2.70. The molecule has 1 amide bonds. The molecule has 0 aliphatic carbocycles. The molecular formula is C23H17Cl2N3O3S. The highest BCUT2D eigenvalue weighted by atomic mass is 35.5. The molecule has 0 aliphatic rings. The van der Waals surface area contributed by atoms with E-state index >= 15 is 0 Å². The summed E-state index contributed by atoms with van der Waals surface area (Å²) >= 11 is 13.3. The highest BCUT2D eigenvalue weighted by Gasteiger charge is 2.08. The van der Waals surface area contributed by atoms with Crippen LogP contribution in [0.3, 0.4) is 0 Å². The van der Waals surface area contributed by atoms with Crippen LogP contribution >= 0.6 is 35.0 Å². The summed E-state index contributed by atoms with van der Waals surface area (Å²) in [6.07, 6.45) is 1.56. The first kappa shape index (κ1) is 22.2. The van der Waals surface area contributed by atoms with E-state index in [-0.39, 0.29) is 11.7 Å². The number of hydrazone groups is 1. The molecule has 0 saturated heterocycles. The van der Waals surface area contributed by atoms with E-state index in [0.717, 1.165) is 16.6 Å². The third kappa shape index (κ3) is 6.03. The summed E-state index contributed by atoms with van der Waals surface area (Å²) in [5.41, 5.74) is 5.60. The van der Waals surface area contributed by atoms with Crippen LogP contribution in [0.2, 0.25) is 10.0 Å². The van der Waals surface area contributed by atoms with Gasteiger partial charge in [-0.3, -0.25) is 4.79 Å². The summed E-state index contributed by atoms with van der Waals surface area (Å²) in [5, 5.41) is 5.57. The standard InChI is InChI=1S/C23H17Cl2N3O3S/c24-17-8-7-16(19(25)11-17)13-30-18-9-5-15(6-10-18)12-26-28-22(29)14-32-23-27-20-3-1-2-4-21(20)31-23/h1-12H,13-14H2,(H,28,29)/b26-12-. The van der Waals surface area contributed by atoms with Gasteiger partial charge in [-0.05, 0) is 54.1 Å². The number of amides is 1. The van der Waals surface area contributed by atoms with Gasteiger partial charge in [0.2, 0.25) is 0 Å². The molecule has 9 heteroatoms. The summed E-state index contributed by atoms with van der Waals surface area (Å²) < 4.78 is 11.3. The molecule has 0 unspecified atom stereocenters. The van der Waals surface area contributed by atoms with E-state index in [1.807, 2.05) is 54.6 Å². The molecule has 162 valence electrons. The van der Waals surface area contributed by atoms with Crippen molar-refractivity contribution >= 4 is 58.2 Å². The second kappa shape index (κ2) is 10.5. The number of aromatic nitrogens is 1. The summed E-state index contributed by atoms with van der Waals surface area (Å²) in [5.74, 6) is 0.574. The van der Waals surface area contributed by atoms with Gasteiger partial charge in [-0.2, -0.15) is 5.10 Å². The van der Waals surface area contributed by atoms with E-state index in [2.05, 4.69) is 15.5 Å². The highest BCUT2D eigenvalue weighted by Crippen LogP contribution is 2.24. The Labute approximate surface area is 198 Å². The number of nitrogens with one attached hydrogen (secondary N) is 1. The van der Waals surface area contributed by atoms with Crippen LogP contribution in [0.1, 0.15) is 11.1 Å². The number of hydrogen-bond acceptors (Lipinski definition) is 6. The smallest absolute Gasteiger partial charge is 0.257 e. The summed E-state index contributed by atoms with van der Waals surface area (Å²) in [7, 11) is 0. The average Bonchev–Trinajstić information content (AvgIpc) is 3.21. The average molecular weight is 486 g/mol. The third-order valence-corrected chi connectivity index (χ3v) is 5.71. The molecule has 0 radical (unpaired) electrons. The zero-order valence-corrected chi connectivity index (χ0v) is 19.0. The summed E-state index contributed by atoms with van der Waals surface area (Å²) in [6, 6.07) is 20.0. The lowest BCUT2D eigenvalue weighted by Gasteiger charge is -2.08. The van der Waals surface area contributed by atoms with E-state index in [9.17, 15) is 4.79 Å². The van der Waals surface area contributed by atoms with E-state index in [0.29, 0.717) is 33.2 Å². The molecule has 4 aromatic rings. The number of nitrogens with zero attached hydrogens (tertiary/aromatic N) is 2. The molecule has 0 aliphatic heterocycles. The van der Waals surface area contributed by atoms with Crippen molar-refractivity contribution in [3.05, 3.63) is 87.9 Å². The molecule has 0 atom stereocenters. The molecule has 3 aromatic carbocycles. The number of rotatable bonds is 8. The number of ether oxygens (including phenoxy) is 1. The zero-order valence-electron chi connectivity index (χ0n) is 16.6. The van der Waals surface area contributed by atoms with Gasteiger partial charge >= 0.3 is 0 Å². The van der Waals surface area contributed by atoms with Gasteiger partial charge in [0.1, 0.15) is 17.9 Å². The van der Waals surface area contributed by atoms with Crippen molar-refractivity contribution in [1.82, 2.24) is 10.4 Å². The predicted octanol–water partition coefficient (Wildman–Crippen LogP) is 5.96. The first-order valence-corrected chi connectivity index (χ1v) is 11.3. The second-order valence-electron chi connectivity index (χ2n) is 6.62. The Morgan fingerprint density at radius 3 is 2.72 bits per heavy atom. The van der Waals surface area contributed by atoms with Crippen molar-refractivity contribution in [3.8, 4) is 5.75 Å². The lowest BCUT2D eigenvalue weighted by molar-refractivity contribution is -0.118. The van der Waals surface area contributed by atoms with Crippen molar-refractivity contribution < 1.29 is 13.9 Å². The molecule has 1 aromatic heterocycles. The maximum absolute atomic E-state index is 12.0. The molecule has 0 fully saturated rings. The number of para-hydroxylation sites is 2. The highest BCUT2D eigenvalue weighted by molar-refractivity contribution is 7.99. The number of fused-ring (bicyclic) bond motifs is 1. The molecule has 1 N–H and O–H groups in total. The zero-order chi connectivity index (χ0) is 22.3. The Balaban J connectivity index is 1.23. The Bertz CT molecular complexity index is 1230. The Hall–Kier alpha value is -3.00. The SMILES string of the molecule is O=C(CSc1nc2ccccc2o1)N/N=C\c1ccc(OCc2ccc(Cl)cc2Cl)cc1. The van der Waals surface area contributed by atoms with Crippen molar-refractivity contribution in [2.75, 3.05) is 5.75 Å². The number of hydrogen-bond donors (Lipinski definition) is 1. The third-order valence-electron chi connectivity index (χ3n) is 4.29. The Morgan fingerprint density at radius 2 is 1.94 bits per heavy atom. The van der Waals surface area contributed by atoms with Gasteiger partial charge in [-0.25, -0.2) is 10.4 Å². The van der Waals surface area contributed by atoms with Gasteiger partial charge in [0.25, 0.3) is 11.1 Å². The van der Waals surface area contributed by atoms with Crippen molar-refractivity contribution in [3.63, 3.8) is 0 Å². The first-order valence-electron chi connectivity index (χ1n) is 9.54. The normalized spacial score (nSPS) is 11.2. The van der Waals surface area contributed by atoms with Crippen LogP contribution < -0.4 is 10.2 Å². The van der Waals surface area contributed by atoms with E-state index in [1.54, 1.807) is 18.3 Å². The van der Waals surface area contributed by atoms with Crippen molar-refractivity contribution in [1.29, 1.82) is 0 Å². The Kier molecular flexibility index (Phi) is 7.32. The molecule has 0 spiro atoms. The van der Waals surface area contributed by atoms with Gasteiger partial charge in [0, 0.05) is 15.6 Å². The molecule has 6 nitrogen and oxygen atoms in total. The molecule has 1 heterocycles. The van der Waals surface area contributed by atoms with Gasteiger partial charge < -0.3 is 9.15 Å². The minimum Gasteiger partial charge on any atom is -0.489 e. The van der Waals surface area contributed by atoms with Gasteiger partial charge in [-0.1, -0.05) is 53.2 Å². The Morgan fingerprint density at radius 1 is 1.12 bits per heavy atom. The van der Waals surface area contributed by atoms with E-state index in [1.165, 1.54) is 11.8 Å². The van der Waals surface area contributed by atoms with E-state index in [4.69, 9.17) is 32.4 Å². The molecule has 0 saturated carbocycles. The van der Waals surface area contributed by atoms with Crippen molar-refractivity contribution in [2.24, 2.45) is 5.10 Å². The fourth-order valence-corrected chi connectivity index (χ4v) is 3.79. The quantitative estimate of drug-likeness (QED) is 0.189. The molecular weight excluding hydrogens is 469 g/mol. The minimum atomic E-state index is -0.256. The van der Waals surface area contributed by atoms with Crippen LogP contribution in [0.25, 0.3) is 11.1 Å². The minimum absolute atomic E-state index is 0.143. The largest absolute Gasteiger partial charge is 0.489 e. The van der Waals surface area contributed by atoms with Crippen LogP contribution in [0, 0.1) is 0 Å². The topological polar surface area (TPSA) is 76.7 Å². The number of oxazole rings is 1. The monoisotopic (exact) mass is 485 g/mol. The summed E-state index contributed by atoms with van der Waals surface area (Å²) in [4.78, 5) is 16.3. The maximum Gasteiger partial charge on any atom is 0.257 e. The van der Waals surface area contributed by atoms with Crippen LogP contribution in [0.5, 0.6) is 5.75 Å². The lowest BCUT2D eigenvalue weighted by atomic mass is 10.2.